The Bertz CT molecular complexity index is 285. The van der Waals surface area contributed by atoms with E-state index in [1.807, 2.05) is 27.7 Å². The number of hydrogen-bond acceptors (Lipinski definition) is 3. The third-order valence-corrected chi connectivity index (χ3v) is 3.53. The molecule has 2 fully saturated rings. The van der Waals surface area contributed by atoms with E-state index in [4.69, 9.17) is 4.74 Å². The lowest BCUT2D eigenvalue weighted by Gasteiger charge is -2.16. The second kappa shape index (κ2) is 13.6. The second-order valence-corrected chi connectivity index (χ2v) is 5.65. The molecule has 0 unspecified atom stereocenters. The minimum atomic E-state index is -0.100. The number of rotatable bonds is 3. The summed E-state index contributed by atoms with van der Waals surface area (Å²) in [6.07, 6.45) is 6.08. The average Bonchev–Trinajstić information content (AvgIpc) is 3.11. The van der Waals surface area contributed by atoms with Gasteiger partial charge in [0.2, 0.25) is 0 Å². The van der Waals surface area contributed by atoms with E-state index in [9.17, 15) is 9.59 Å². The highest BCUT2D eigenvalue weighted by Crippen LogP contribution is 2.06. The zero-order valence-corrected chi connectivity index (χ0v) is 14.8. The SMILES string of the molecule is C1CCOCC1.CC.CC(C)C(=O)CNC(=O)N1CCCC1. The molecule has 5 nitrogen and oxygen atoms in total. The summed E-state index contributed by atoms with van der Waals surface area (Å²) in [6, 6.07) is -0.100. The topological polar surface area (TPSA) is 58.6 Å². The minimum absolute atomic E-state index is 0.00567. The predicted octanol–water partition coefficient (Wildman–Crippen LogP) is 3.23. The molecule has 0 bridgehead atoms. The third-order valence-electron chi connectivity index (χ3n) is 3.53. The zero-order valence-electron chi connectivity index (χ0n) is 14.8. The molecule has 22 heavy (non-hydrogen) atoms. The summed E-state index contributed by atoms with van der Waals surface area (Å²) in [7, 11) is 0. The van der Waals surface area contributed by atoms with E-state index in [1.165, 1.54) is 19.3 Å². The van der Waals surface area contributed by atoms with Gasteiger partial charge in [-0.05, 0) is 32.1 Å². The van der Waals surface area contributed by atoms with Crippen molar-refractivity contribution in [3.8, 4) is 0 Å². The van der Waals surface area contributed by atoms with Crippen LogP contribution in [-0.2, 0) is 9.53 Å². The standard InChI is InChI=1S/C10H18N2O2.C5H10O.C2H6/c1-8(2)9(13)7-11-10(14)12-5-3-4-6-12;1-2-4-6-5-3-1;1-2/h8H,3-7H2,1-2H3,(H,11,14);1-5H2;1-2H3. The quantitative estimate of drug-likeness (QED) is 0.870. The maximum absolute atomic E-state index is 11.4. The third kappa shape index (κ3) is 9.77. The molecule has 2 aliphatic rings. The van der Waals surface area contributed by atoms with E-state index in [2.05, 4.69) is 5.32 Å². The number of ketones is 1. The van der Waals surface area contributed by atoms with Crippen LogP contribution in [0.5, 0.6) is 0 Å². The molecule has 2 saturated heterocycles. The van der Waals surface area contributed by atoms with Crippen LogP contribution < -0.4 is 5.32 Å². The fourth-order valence-electron chi connectivity index (χ4n) is 2.09. The molecule has 0 radical (unpaired) electrons. The van der Waals surface area contributed by atoms with Gasteiger partial charge in [-0.25, -0.2) is 4.79 Å². The summed E-state index contributed by atoms with van der Waals surface area (Å²) in [5.41, 5.74) is 0. The molecule has 2 aliphatic heterocycles. The first-order valence-corrected chi connectivity index (χ1v) is 8.74. The Morgan fingerprint density at radius 1 is 1.00 bits per heavy atom. The number of ether oxygens (including phenoxy) is 1. The Kier molecular flexibility index (Phi) is 12.9. The molecule has 2 amide bonds. The van der Waals surface area contributed by atoms with Gasteiger partial charge in [-0.1, -0.05) is 27.7 Å². The first-order valence-electron chi connectivity index (χ1n) is 8.74. The molecule has 0 saturated carbocycles. The van der Waals surface area contributed by atoms with Gasteiger partial charge in [-0.3, -0.25) is 4.79 Å². The highest BCUT2D eigenvalue weighted by molar-refractivity contribution is 5.86. The lowest BCUT2D eigenvalue weighted by Crippen LogP contribution is -2.41. The van der Waals surface area contributed by atoms with Crippen molar-refractivity contribution in [2.45, 2.75) is 59.8 Å². The number of nitrogens with one attached hydrogen (secondary N) is 1. The Morgan fingerprint density at radius 2 is 1.55 bits per heavy atom. The molecule has 0 spiro atoms. The smallest absolute Gasteiger partial charge is 0.317 e. The highest BCUT2D eigenvalue weighted by atomic mass is 16.5. The number of urea groups is 1. The van der Waals surface area contributed by atoms with Crippen LogP contribution in [-0.4, -0.2) is 49.6 Å². The van der Waals surface area contributed by atoms with Crippen LogP contribution >= 0.6 is 0 Å². The van der Waals surface area contributed by atoms with Crippen LogP contribution in [0.15, 0.2) is 0 Å². The summed E-state index contributed by atoms with van der Waals surface area (Å²) in [5, 5.41) is 2.64. The van der Waals surface area contributed by atoms with Crippen LogP contribution in [0.2, 0.25) is 0 Å². The number of likely N-dealkylation sites (tertiary alicyclic amines) is 1. The number of Topliss-reactive ketones (excluding diaryl/α,β-unsaturated/α-hetero) is 1. The Balaban J connectivity index is 0.000000457. The summed E-state index contributed by atoms with van der Waals surface area (Å²) in [4.78, 5) is 24.4. The molecular formula is C17H34N2O3. The van der Waals surface area contributed by atoms with Crippen LogP contribution in [0.3, 0.4) is 0 Å². The van der Waals surface area contributed by atoms with Crippen molar-refractivity contribution in [2.75, 3.05) is 32.8 Å². The van der Waals surface area contributed by atoms with Crippen LogP contribution in [0.4, 0.5) is 4.79 Å². The fraction of sp³-hybridized carbons (Fsp3) is 0.882. The number of hydrogen-bond donors (Lipinski definition) is 1. The number of nitrogens with zero attached hydrogens (tertiary/aromatic N) is 1. The molecule has 0 aromatic rings. The van der Waals surface area contributed by atoms with Crippen molar-refractivity contribution < 1.29 is 14.3 Å². The van der Waals surface area contributed by atoms with Crippen LogP contribution in [0.1, 0.15) is 59.8 Å². The van der Waals surface area contributed by atoms with Crippen molar-refractivity contribution in [1.29, 1.82) is 0 Å². The number of amides is 2. The van der Waals surface area contributed by atoms with E-state index < -0.39 is 0 Å². The van der Waals surface area contributed by atoms with E-state index in [1.54, 1.807) is 4.90 Å². The molecule has 2 rings (SSSR count). The Morgan fingerprint density at radius 3 is 1.91 bits per heavy atom. The monoisotopic (exact) mass is 314 g/mol. The van der Waals surface area contributed by atoms with Gasteiger partial charge < -0.3 is 15.0 Å². The second-order valence-electron chi connectivity index (χ2n) is 5.65. The maximum Gasteiger partial charge on any atom is 0.317 e. The summed E-state index contributed by atoms with van der Waals surface area (Å²) in [5.74, 6) is 0.0754. The van der Waals surface area contributed by atoms with Gasteiger partial charge >= 0.3 is 6.03 Å². The van der Waals surface area contributed by atoms with Gasteiger partial charge in [0, 0.05) is 32.2 Å². The Labute approximate surface area is 135 Å². The number of carbonyl (C=O) groups excluding carboxylic acids is 2. The fourth-order valence-corrected chi connectivity index (χ4v) is 2.09. The minimum Gasteiger partial charge on any atom is -0.381 e. The van der Waals surface area contributed by atoms with Crippen molar-refractivity contribution >= 4 is 11.8 Å². The van der Waals surface area contributed by atoms with Crippen molar-refractivity contribution in [3.63, 3.8) is 0 Å². The summed E-state index contributed by atoms with van der Waals surface area (Å²) < 4.78 is 5.07. The molecule has 0 aliphatic carbocycles. The van der Waals surface area contributed by atoms with Crippen LogP contribution in [0, 0.1) is 5.92 Å². The lowest BCUT2D eigenvalue weighted by molar-refractivity contribution is -0.120. The highest BCUT2D eigenvalue weighted by Gasteiger charge is 2.18. The van der Waals surface area contributed by atoms with Crippen molar-refractivity contribution in [2.24, 2.45) is 5.92 Å². The van der Waals surface area contributed by atoms with Gasteiger partial charge in [0.05, 0.1) is 6.54 Å². The largest absolute Gasteiger partial charge is 0.381 e. The van der Waals surface area contributed by atoms with Gasteiger partial charge in [-0.2, -0.15) is 0 Å². The normalized spacial score (nSPS) is 17.0. The van der Waals surface area contributed by atoms with Gasteiger partial charge in [0.25, 0.3) is 0 Å². The number of carbonyl (C=O) groups is 2. The van der Waals surface area contributed by atoms with E-state index in [0.29, 0.717) is 0 Å². The van der Waals surface area contributed by atoms with E-state index >= 15 is 0 Å². The molecule has 0 atom stereocenters. The molecule has 130 valence electrons. The van der Waals surface area contributed by atoms with Gasteiger partial charge in [-0.15, -0.1) is 0 Å². The van der Waals surface area contributed by atoms with Gasteiger partial charge in [0.1, 0.15) is 0 Å². The first-order chi connectivity index (χ1) is 10.6. The zero-order chi connectivity index (χ0) is 16.8. The summed E-state index contributed by atoms with van der Waals surface area (Å²) >= 11 is 0. The molecule has 2 heterocycles. The molecule has 0 aromatic heterocycles. The summed E-state index contributed by atoms with van der Waals surface area (Å²) in [6.45, 7) is 11.5. The molecule has 1 N–H and O–H groups in total. The van der Waals surface area contributed by atoms with Crippen molar-refractivity contribution in [3.05, 3.63) is 0 Å². The van der Waals surface area contributed by atoms with E-state index in [-0.39, 0.29) is 24.3 Å². The Hall–Kier alpha value is -1.10. The maximum atomic E-state index is 11.4. The predicted molar refractivity (Wildman–Crippen MR) is 90.1 cm³/mol. The molecule has 5 heteroatoms. The van der Waals surface area contributed by atoms with Gasteiger partial charge in [0.15, 0.2) is 5.78 Å². The molecule has 0 aromatic carbocycles. The molecular weight excluding hydrogens is 280 g/mol. The average molecular weight is 314 g/mol. The first kappa shape index (κ1) is 20.9. The lowest BCUT2D eigenvalue weighted by atomic mass is 10.1. The van der Waals surface area contributed by atoms with Crippen LogP contribution in [0.25, 0.3) is 0 Å². The van der Waals surface area contributed by atoms with Crippen molar-refractivity contribution in [1.82, 2.24) is 10.2 Å². The van der Waals surface area contributed by atoms with E-state index in [0.717, 1.165) is 39.1 Å².